The van der Waals surface area contributed by atoms with Crippen LogP contribution in [0.25, 0.3) is 0 Å². The minimum absolute atomic E-state index is 0.108. The monoisotopic (exact) mass is 544 g/mol. The van der Waals surface area contributed by atoms with Gasteiger partial charge in [0.25, 0.3) is 21.5 Å². The number of nitrogens with zero attached hydrogens (tertiary/aromatic N) is 2. The standard InChI is InChI=1S/C27H33FN4O5S/c1-7-22(25(33)31-38(35,36)23-10-9-11-29-26(23)34)24(32-16-17(3)15-27(32,5)6)30-18(4)19-12-20(28)14-21(13-19)37-8-2/h7,9-14,17H,1,8,15-16H2,2-6H3,(H,29,34)(H,31,33)/b24-22-,30-18+/t17-/m0/s1. The van der Waals surface area contributed by atoms with Crippen molar-refractivity contribution in [2.24, 2.45) is 10.9 Å². The van der Waals surface area contributed by atoms with Crippen LogP contribution in [-0.2, 0) is 14.8 Å². The maximum Gasteiger partial charge on any atom is 0.269 e. The number of likely N-dealkylation sites (tertiary alicyclic amines) is 1. The molecule has 1 atom stereocenters. The summed E-state index contributed by atoms with van der Waals surface area (Å²) in [5.74, 6) is -0.737. The molecule has 11 heteroatoms. The number of ether oxygens (including phenoxy) is 1. The molecule has 0 spiro atoms. The zero-order chi connectivity index (χ0) is 28.3. The fraction of sp³-hybridized carbons (Fsp3) is 0.370. The number of pyridine rings is 1. The van der Waals surface area contributed by atoms with Gasteiger partial charge in [0, 0.05) is 35.6 Å². The lowest BCUT2D eigenvalue weighted by atomic mass is 9.97. The summed E-state index contributed by atoms with van der Waals surface area (Å²) < 4.78 is 47.5. The SMILES string of the molecule is C=C/C(C(=O)NS(=O)(=O)c1ccc[nH]c1=O)=C(\N=C(/C)c1cc(F)cc(OCC)c1)N1C[C@@H](C)CC1(C)C. The zero-order valence-corrected chi connectivity index (χ0v) is 23.0. The molecule has 1 aliphatic heterocycles. The summed E-state index contributed by atoms with van der Waals surface area (Å²) in [5.41, 5.74) is -0.588. The number of halogens is 1. The van der Waals surface area contributed by atoms with Crippen molar-refractivity contribution in [2.75, 3.05) is 13.2 Å². The predicted molar refractivity (Wildman–Crippen MR) is 144 cm³/mol. The molecule has 1 amide bonds. The first-order valence-electron chi connectivity index (χ1n) is 12.2. The van der Waals surface area contributed by atoms with Crippen LogP contribution in [0.4, 0.5) is 4.39 Å². The number of aromatic amines is 1. The Labute approximate surface area is 222 Å². The molecule has 0 saturated carbocycles. The molecule has 3 rings (SSSR count). The average Bonchev–Trinajstić information content (AvgIpc) is 3.09. The number of H-pyrrole nitrogens is 1. The number of amides is 1. The molecule has 9 nitrogen and oxygen atoms in total. The molecule has 0 radical (unpaired) electrons. The van der Waals surface area contributed by atoms with Crippen LogP contribution in [0.3, 0.4) is 0 Å². The Kier molecular flexibility index (Phi) is 8.61. The molecule has 2 aromatic rings. The second-order valence-corrected chi connectivity index (χ2v) is 11.4. The molecule has 204 valence electrons. The third kappa shape index (κ3) is 6.39. The zero-order valence-electron chi connectivity index (χ0n) is 22.2. The highest BCUT2D eigenvalue weighted by molar-refractivity contribution is 7.90. The van der Waals surface area contributed by atoms with Crippen LogP contribution >= 0.6 is 0 Å². The number of carbonyl (C=O) groups excluding carboxylic acids is 1. The van der Waals surface area contributed by atoms with E-state index >= 15 is 0 Å². The number of sulfonamides is 1. The van der Waals surface area contributed by atoms with Gasteiger partial charge < -0.3 is 14.6 Å². The van der Waals surface area contributed by atoms with E-state index in [0.717, 1.165) is 12.5 Å². The highest BCUT2D eigenvalue weighted by Crippen LogP contribution is 2.37. The number of aromatic nitrogens is 1. The molecule has 0 unspecified atom stereocenters. The molecule has 2 heterocycles. The molecular formula is C27H33FN4O5S. The Hall–Kier alpha value is -3.73. The first-order chi connectivity index (χ1) is 17.8. The van der Waals surface area contributed by atoms with E-state index in [0.29, 0.717) is 30.2 Å². The van der Waals surface area contributed by atoms with Gasteiger partial charge in [0.05, 0.1) is 12.2 Å². The summed E-state index contributed by atoms with van der Waals surface area (Å²) in [6, 6.07) is 6.64. The summed E-state index contributed by atoms with van der Waals surface area (Å²) >= 11 is 0. The summed E-state index contributed by atoms with van der Waals surface area (Å²) in [6.45, 7) is 14.1. The van der Waals surface area contributed by atoms with Gasteiger partial charge >= 0.3 is 0 Å². The fourth-order valence-electron chi connectivity index (χ4n) is 4.61. The van der Waals surface area contributed by atoms with E-state index in [-0.39, 0.29) is 17.3 Å². The Bertz CT molecular complexity index is 1460. The van der Waals surface area contributed by atoms with Crippen molar-refractivity contribution in [3.8, 4) is 5.75 Å². The fourth-order valence-corrected chi connectivity index (χ4v) is 5.63. The quantitative estimate of drug-likeness (QED) is 0.282. The lowest BCUT2D eigenvalue weighted by Gasteiger charge is -2.34. The van der Waals surface area contributed by atoms with E-state index in [1.165, 1.54) is 30.5 Å². The van der Waals surface area contributed by atoms with Gasteiger partial charge in [-0.15, -0.1) is 0 Å². The Morgan fingerprint density at radius 1 is 1.37 bits per heavy atom. The lowest BCUT2D eigenvalue weighted by Crippen LogP contribution is -2.40. The van der Waals surface area contributed by atoms with E-state index in [4.69, 9.17) is 9.73 Å². The van der Waals surface area contributed by atoms with Gasteiger partial charge in [-0.1, -0.05) is 19.6 Å². The second kappa shape index (κ2) is 11.3. The van der Waals surface area contributed by atoms with Crippen LogP contribution in [0.2, 0.25) is 0 Å². The van der Waals surface area contributed by atoms with E-state index < -0.39 is 37.7 Å². The minimum atomic E-state index is -4.50. The first kappa shape index (κ1) is 28.8. The van der Waals surface area contributed by atoms with Crippen molar-refractivity contribution in [1.82, 2.24) is 14.6 Å². The molecular weight excluding hydrogens is 511 g/mol. The number of aliphatic imine (C=N–C) groups is 1. The van der Waals surface area contributed by atoms with Crippen molar-refractivity contribution >= 4 is 21.6 Å². The second-order valence-electron chi connectivity index (χ2n) is 9.78. The maximum atomic E-state index is 14.3. The van der Waals surface area contributed by atoms with Crippen molar-refractivity contribution in [2.45, 2.75) is 51.5 Å². The minimum Gasteiger partial charge on any atom is -0.494 e. The van der Waals surface area contributed by atoms with Gasteiger partial charge in [-0.05, 0) is 64.3 Å². The number of hydrogen-bond donors (Lipinski definition) is 2. The number of benzene rings is 1. The molecule has 1 fully saturated rings. The highest BCUT2D eigenvalue weighted by Gasteiger charge is 2.39. The van der Waals surface area contributed by atoms with E-state index in [1.54, 1.807) is 19.9 Å². The van der Waals surface area contributed by atoms with Gasteiger partial charge in [0.15, 0.2) is 4.90 Å². The Balaban J connectivity index is 2.16. The van der Waals surface area contributed by atoms with Crippen molar-refractivity contribution in [3.63, 3.8) is 0 Å². The van der Waals surface area contributed by atoms with Crippen molar-refractivity contribution in [1.29, 1.82) is 0 Å². The van der Waals surface area contributed by atoms with Gasteiger partial charge in [0.2, 0.25) is 0 Å². The average molecular weight is 545 g/mol. The normalized spacial score (nSPS) is 18.1. The summed E-state index contributed by atoms with van der Waals surface area (Å²) in [4.78, 5) is 33.8. The van der Waals surface area contributed by atoms with E-state index in [1.807, 2.05) is 23.5 Å². The smallest absolute Gasteiger partial charge is 0.269 e. The number of rotatable bonds is 9. The summed E-state index contributed by atoms with van der Waals surface area (Å²) in [5, 5.41) is 0. The van der Waals surface area contributed by atoms with Crippen molar-refractivity contribution < 1.29 is 22.3 Å². The van der Waals surface area contributed by atoms with Crippen LogP contribution in [0.5, 0.6) is 5.75 Å². The molecule has 2 N–H and O–H groups in total. The lowest BCUT2D eigenvalue weighted by molar-refractivity contribution is -0.115. The third-order valence-electron chi connectivity index (χ3n) is 6.19. The van der Waals surface area contributed by atoms with Crippen LogP contribution in [0.1, 0.15) is 46.6 Å². The molecule has 0 aliphatic carbocycles. The van der Waals surface area contributed by atoms with E-state index in [9.17, 15) is 22.4 Å². The van der Waals surface area contributed by atoms with Gasteiger partial charge in [-0.2, -0.15) is 0 Å². The van der Waals surface area contributed by atoms with Gasteiger partial charge in [0.1, 0.15) is 17.4 Å². The van der Waals surface area contributed by atoms with Crippen molar-refractivity contribution in [3.05, 3.63) is 82.3 Å². The predicted octanol–water partition coefficient (Wildman–Crippen LogP) is 3.74. The van der Waals surface area contributed by atoms with Gasteiger partial charge in [-0.25, -0.2) is 22.5 Å². The molecule has 0 bridgehead atoms. The van der Waals surface area contributed by atoms with Crippen LogP contribution in [0, 0.1) is 11.7 Å². The first-order valence-corrected chi connectivity index (χ1v) is 13.7. The summed E-state index contributed by atoms with van der Waals surface area (Å²) in [7, 11) is -4.50. The topological polar surface area (TPSA) is 121 Å². The summed E-state index contributed by atoms with van der Waals surface area (Å²) in [6.07, 6.45) is 3.31. The molecule has 38 heavy (non-hydrogen) atoms. The van der Waals surface area contributed by atoms with Gasteiger partial charge in [-0.3, -0.25) is 9.59 Å². The molecule has 1 aromatic heterocycles. The molecule has 1 saturated heterocycles. The Morgan fingerprint density at radius 3 is 2.66 bits per heavy atom. The Morgan fingerprint density at radius 2 is 2.08 bits per heavy atom. The third-order valence-corrected chi connectivity index (χ3v) is 7.55. The van der Waals surface area contributed by atoms with Crippen LogP contribution < -0.4 is 15.0 Å². The van der Waals surface area contributed by atoms with Crippen LogP contribution in [-0.4, -0.2) is 48.6 Å². The molecule has 1 aliphatic rings. The highest BCUT2D eigenvalue weighted by atomic mass is 32.2. The number of carbonyl (C=O) groups is 1. The number of hydrogen-bond acceptors (Lipinski definition) is 7. The maximum absolute atomic E-state index is 14.3. The molecule has 1 aromatic carbocycles. The number of nitrogens with one attached hydrogen (secondary N) is 2. The largest absolute Gasteiger partial charge is 0.494 e. The van der Waals surface area contributed by atoms with Crippen LogP contribution in [0.15, 0.2) is 75.3 Å². The van der Waals surface area contributed by atoms with E-state index in [2.05, 4.69) is 18.5 Å².